The van der Waals surface area contributed by atoms with Crippen LogP contribution in [0.4, 0.5) is 0 Å². The average Bonchev–Trinajstić information content (AvgIpc) is 2.98. The summed E-state index contributed by atoms with van der Waals surface area (Å²) < 4.78 is 5.71. The van der Waals surface area contributed by atoms with E-state index in [4.69, 9.17) is 10.5 Å². The van der Waals surface area contributed by atoms with Crippen LogP contribution in [-0.2, 0) is 9.53 Å². The quantitative estimate of drug-likeness (QED) is 0.766. The zero-order valence-electron chi connectivity index (χ0n) is 10.3. The summed E-state index contributed by atoms with van der Waals surface area (Å²) in [6.07, 6.45) is 7.40. The molecular weight excluding hydrogens is 216 g/mol. The summed E-state index contributed by atoms with van der Waals surface area (Å²) in [7, 11) is 0. The Labute approximate surface area is 102 Å². The molecule has 1 amide bonds. The Hall–Kier alpha value is -0.610. The molecule has 2 saturated carbocycles. The van der Waals surface area contributed by atoms with Crippen molar-refractivity contribution in [2.24, 2.45) is 11.7 Å². The first-order chi connectivity index (χ1) is 8.16. The van der Waals surface area contributed by atoms with Gasteiger partial charge in [-0.05, 0) is 44.4 Å². The standard InChI is InChI=1S/C13H22N2O2/c14-13(5-1-6-13)8-11(16)15-10-4-7-17-12(10)9-2-3-9/h9-10,12H,1-8,14H2,(H,15,16). The number of nitrogens with two attached hydrogens (primary N) is 1. The molecule has 2 aliphatic carbocycles. The second-order valence-corrected chi connectivity index (χ2v) is 6.03. The van der Waals surface area contributed by atoms with Crippen LogP contribution in [0.1, 0.15) is 44.9 Å². The number of carbonyl (C=O) groups is 1. The molecule has 3 N–H and O–H groups in total. The van der Waals surface area contributed by atoms with Crippen molar-refractivity contribution in [2.45, 2.75) is 62.6 Å². The Morgan fingerprint density at radius 1 is 1.35 bits per heavy atom. The molecule has 0 aromatic carbocycles. The van der Waals surface area contributed by atoms with Gasteiger partial charge in [0.1, 0.15) is 0 Å². The lowest BCUT2D eigenvalue weighted by atomic mass is 9.75. The predicted molar refractivity (Wildman–Crippen MR) is 64.4 cm³/mol. The Morgan fingerprint density at radius 2 is 2.12 bits per heavy atom. The maximum atomic E-state index is 11.9. The molecule has 3 fully saturated rings. The van der Waals surface area contributed by atoms with Gasteiger partial charge in [0.25, 0.3) is 0 Å². The fourth-order valence-corrected chi connectivity index (χ4v) is 3.04. The number of hydrogen-bond acceptors (Lipinski definition) is 3. The number of rotatable bonds is 4. The van der Waals surface area contributed by atoms with Crippen LogP contribution in [-0.4, -0.2) is 30.2 Å². The predicted octanol–water partition coefficient (Wildman–Crippen LogP) is 0.942. The molecule has 17 heavy (non-hydrogen) atoms. The van der Waals surface area contributed by atoms with Crippen molar-refractivity contribution in [3.8, 4) is 0 Å². The van der Waals surface area contributed by atoms with Gasteiger partial charge in [0.2, 0.25) is 5.91 Å². The lowest BCUT2D eigenvalue weighted by molar-refractivity contribution is -0.124. The Morgan fingerprint density at radius 3 is 2.71 bits per heavy atom. The van der Waals surface area contributed by atoms with Crippen LogP contribution in [0.2, 0.25) is 0 Å². The van der Waals surface area contributed by atoms with Crippen LogP contribution < -0.4 is 11.1 Å². The van der Waals surface area contributed by atoms with E-state index < -0.39 is 0 Å². The Balaban J connectivity index is 1.50. The second kappa shape index (κ2) is 4.25. The zero-order valence-corrected chi connectivity index (χ0v) is 10.3. The maximum absolute atomic E-state index is 11.9. The van der Waals surface area contributed by atoms with Gasteiger partial charge in [-0.3, -0.25) is 4.79 Å². The van der Waals surface area contributed by atoms with Crippen molar-refractivity contribution in [3.63, 3.8) is 0 Å². The molecule has 4 nitrogen and oxygen atoms in total. The molecule has 3 aliphatic rings. The highest BCUT2D eigenvalue weighted by Crippen LogP contribution is 2.39. The van der Waals surface area contributed by atoms with Crippen LogP contribution in [0, 0.1) is 5.92 Å². The van der Waals surface area contributed by atoms with Crippen LogP contribution >= 0.6 is 0 Å². The largest absolute Gasteiger partial charge is 0.376 e. The highest BCUT2D eigenvalue weighted by molar-refractivity contribution is 5.77. The minimum atomic E-state index is -0.210. The van der Waals surface area contributed by atoms with E-state index in [-0.39, 0.29) is 23.6 Å². The molecule has 1 heterocycles. The molecule has 2 unspecified atom stereocenters. The number of carbonyl (C=O) groups excluding carboxylic acids is 1. The number of hydrogen-bond donors (Lipinski definition) is 2. The molecule has 3 rings (SSSR count). The van der Waals surface area contributed by atoms with Crippen molar-refractivity contribution in [1.82, 2.24) is 5.32 Å². The van der Waals surface area contributed by atoms with E-state index in [2.05, 4.69) is 5.32 Å². The lowest BCUT2D eigenvalue weighted by Crippen LogP contribution is -2.52. The third-order valence-corrected chi connectivity index (χ3v) is 4.43. The van der Waals surface area contributed by atoms with Crippen molar-refractivity contribution < 1.29 is 9.53 Å². The van der Waals surface area contributed by atoms with Gasteiger partial charge >= 0.3 is 0 Å². The first kappa shape index (κ1) is 11.5. The van der Waals surface area contributed by atoms with Gasteiger partial charge in [0, 0.05) is 18.6 Å². The highest BCUT2D eigenvalue weighted by Gasteiger charge is 2.42. The summed E-state index contributed by atoms with van der Waals surface area (Å²) in [5, 5.41) is 3.13. The van der Waals surface area contributed by atoms with Crippen molar-refractivity contribution in [2.75, 3.05) is 6.61 Å². The summed E-state index contributed by atoms with van der Waals surface area (Å²) in [5.74, 6) is 0.812. The Bertz CT molecular complexity index is 311. The van der Waals surface area contributed by atoms with E-state index in [1.165, 1.54) is 19.3 Å². The van der Waals surface area contributed by atoms with Crippen molar-refractivity contribution >= 4 is 5.91 Å². The minimum absolute atomic E-state index is 0.119. The van der Waals surface area contributed by atoms with E-state index >= 15 is 0 Å². The maximum Gasteiger partial charge on any atom is 0.222 e. The van der Waals surface area contributed by atoms with Gasteiger partial charge in [-0.25, -0.2) is 0 Å². The van der Waals surface area contributed by atoms with Crippen LogP contribution in [0.15, 0.2) is 0 Å². The normalized spacial score (nSPS) is 35.4. The first-order valence-corrected chi connectivity index (χ1v) is 6.86. The molecule has 0 spiro atoms. The molecule has 0 bridgehead atoms. The van der Waals surface area contributed by atoms with Gasteiger partial charge in [-0.1, -0.05) is 0 Å². The van der Waals surface area contributed by atoms with E-state index in [0.29, 0.717) is 12.3 Å². The molecular formula is C13H22N2O2. The van der Waals surface area contributed by atoms with Gasteiger partial charge in [0.05, 0.1) is 12.1 Å². The van der Waals surface area contributed by atoms with E-state index in [1.54, 1.807) is 0 Å². The fraction of sp³-hybridized carbons (Fsp3) is 0.923. The Kier molecular flexibility index (Phi) is 2.87. The fourth-order valence-electron chi connectivity index (χ4n) is 3.04. The smallest absolute Gasteiger partial charge is 0.222 e. The third-order valence-electron chi connectivity index (χ3n) is 4.43. The summed E-state index contributed by atoms with van der Waals surface area (Å²) in [5.41, 5.74) is 5.88. The minimum Gasteiger partial charge on any atom is -0.376 e. The molecule has 1 saturated heterocycles. The molecule has 4 heteroatoms. The topological polar surface area (TPSA) is 64.4 Å². The van der Waals surface area contributed by atoms with Gasteiger partial charge in [-0.15, -0.1) is 0 Å². The molecule has 0 radical (unpaired) electrons. The van der Waals surface area contributed by atoms with Crippen LogP contribution in [0.25, 0.3) is 0 Å². The van der Waals surface area contributed by atoms with Gasteiger partial charge < -0.3 is 15.8 Å². The number of nitrogens with one attached hydrogen (secondary N) is 1. The van der Waals surface area contributed by atoms with Gasteiger partial charge in [-0.2, -0.15) is 0 Å². The van der Waals surface area contributed by atoms with E-state index in [0.717, 1.165) is 25.9 Å². The van der Waals surface area contributed by atoms with Gasteiger partial charge in [0.15, 0.2) is 0 Å². The number of ether oxygens (including phenoxy) is 1. The summed E-state index contributed by atoms with van der Waals surface area (Å²) in [6.45, 7) is 0.792. The van der Waals surface area contributed by atoms with Crippen molar-refractivity contribution in [1.29, 1.82) is 0 Å². The summed E-state index contributed by atoms with van der Waals surface area (Å²) in [6, 6.07) is 0.235. The zero-order chi connectivity index (χ0) is 11.9. The second-order valence-electron chi connectivity index (χ2n) is 6.03. The van der Waals surface area contributed by atoms with E-state index in [9.17, 15) is 4.79 Å². The summed E-state index contributed by atoms with van der Waals surface area (Å²) >= 11 is 0. The average molecular weight is 238 g/mol. The first-order valence-electron chi connectivity index (χ1n) is 6.86. The third kappa shape index (κ3) is 2.47. The van der Waals surface area contributed by atoms with Crippen molar-refractivity contribution in [3.05, 3.63) is 0 Å². The lowest BCUT2D eigenvalue weighted by Gasteiger charge is -2.37. The number of amides is 1. The SMILES string of the molecule is NC1(CC(=O)NC2CCOC2C2CC2)CCC1. The summed E-state index contributed by atoms with van der Waals surface area (Å²) in [4.78, 5) is 11.9. The molecule has 1 aliphatic heterocycles. The monoisotopic (exact) mass is 238 g/mol. The van der Waals surface area contributed by atoms with Crippen LogP contribution in [0.5, 0.6) is 0 Å². The molecule has 0 aromatic rings. The molecule has 0 aromatic heterocycles. The molecule has 2 atom stereocenters. The van der Waals surface area contributed by atoms with Crippen LogP contribution in [0.3, 0.4) is 0 Å². The van der Waals surface area contributed by atoms with E-state index in [1.807, 2.05) is 0 Å². The molecule has 96 valence electrons. The highest BCUT2D eigenvalue weighted by atomic mass is 16.5.